The molecule has 1 heterocycles. The third kappa shape index (κ3) is 5.41. The predicted octanol–water partition coefficient (Wildman–Crippen LogP) is 5.59. The van der Waals surface area contributed by atoms with E-state index in [1.165, 1.54) is 16.7 Å². The van der Waals surface area contributed by atoms with E-state index in [1.54, 1.807) is 0 Å². The number of hydrogen-bond donors (Lipinski definition) is 0. The molecule has 1 aliphatic heterocycles. The summed E-state index contributed by atoms with van der Waals surface area (Å²) in [6, 6.07) is 18.9. The van der Waals surface area contributed by atoms with Gasteiger partial charge in [0.1, 0.15) is 5.60 Å². The molecular weight excluding hydrogens is 366 g/mol. The molecule has 1 saturated heterocycles. The maximum Gasteiger partial charge on any atom is 0.410 e. The summed E-state index contributed by atoms with van der Waals surface area (Å²) in [7, 11) is 0. The van der Waals surface area contributed by atoms with Gasteiger partial charge in [0.05, 0.1) is 6.04 Å². The number of benzene rings is 2. The van der Waals surface area contributed by atoms with E-state index in [4.69, 9.17) is 17.0 Å². The van der Waals surface area contributed by atoms with Crippen LogP contribution < -0.4 is 0 Å². The van der Waals surface area contributed by atoms with Gasteiger partial charge in [-0.3, -0.25) is 0 Å². The summed E-state index contributed by atoms with van der Waals surface area (Å²) in [6.45, 7) is 6.40. The summed E-state index contributed by atoms with van der Waals surface area (Å²) in [6.07, 6.45) is 3.23. The monoisotopic (exact) mass is 395 g/mol. The number of carbonyl (C=O) groups is 1. The Labute approximate surface area is 173 Å². The van der Waals surface area contributed by atoms with Gasteiger partial charge >= 0.3 is 6.09 Å². The van der Waals surface area contributed by atoms with Crippen LogP contribution in [0.5, 0.6) is 0 Å². The van der Waals surface area contributed by atoms with Crippen LogP contribution in [0.25, 0.3) is 0 Å². The Morgan fingerprint density at radius 1 is 1.07 bits per heavy atom. The van der Waals surface area contributed by atoms with Gasteiger partial charge in [-0.1, -0.05) is 66.8 Å². The topological polar surface area (TPSA) is 29.5 Å². The summed E-state index contributed by atoms with van der Waals surface area (Å²) in [5.41, 5.74) is 3.33. The average Bonchev–Trinajstić information content (AvgIpc) is 3.13. The Hall–Kier alpha value is -2.20. The lowest BCUT2D eigenvalue weighted by molar-refractivity contribution is 0.0266. The van der Waals surface area contributed by atoms with Crippen LogP contribution in [0, 0.1) is 0 Å². The van der Waals surface area contributed by atoms with Gasteiger partial charge < -0.3 is 9.64 Å². The molecule has 4 heteroatoms. The molecule has 2 aromatic rings. The Balaban J connectivity index is 1.71. The Morgan fingerprint density at radius 3 is 2.39 bits per heavy atom. The summed E-state index contributed by atoms with van der Waals surface area (Å²) in [5, 5.41) is 0. The van der Waals surface area contributed by atoms with Crippen molar-refractivity contribution in [3.8, 4) is 0 Å². The molecule has 3 rings (SSSR count). The minimum absolute atomic E-state index is 0.0189. The largest absolute Gasteiger partial charge is 0.444 e. The first kappa shape index (κ1) is 20.5. The molecule has 28 heavy (non-hydrogen) atoms. The van der Waals surface area contributed by atoms with Crippen molar-refractivity contribution >= 4 is 23.2 Å². The van der Waals surface area contributed by atoms with Crippen molar-refractivity contribution in [2.75, 3.05) is 6.54 Å². The number of amides is 1. The molecule has 1 fully saturated rings. The first-order valence-corrected chi connectivity index (χ1v) is 10.4. The maximum absolute atomic E-state index is 12.6. The normalized spacial score (nSPS) is 16.8. The van der Waals surface area contributed by atoms with Crippen LogP contribution in [-0.2, 0) is 17.6 Å². The van der Waals surface area contributed by atoms with Crippen molar-refractivity contribution in [2.45, 2.75) is 58.1 Å². The average molecular weight is 396 g/mol. The quantitative estimate of drug-likeness (QED) is 0.618. The highest BCUT2D eigenvalue weighted by Crippen LogP contribution is 2.24. The van der Waals surface area contributed by atoms with Crippen LogP contribution in [-0.4, -0.2) is 34.0 Å². The van der Waals surface area contributed by atoms with Crippen molar-refractivity contribution < 1.29 is 9.53 Å². The molecule has 0 radical (unpaired) electrons. The second-order valence-corrected chi connectivity index (χ2v) is 8.93. The zero-order valence-corrected chi connectivity index (χ0v) is 17.8. The molecule has 0 spiro atoms. The minimum atomic E-state index is -0.492. The predicted molar refractivity (Wildman–Crippen MR) is 118 cm³/mol. The van der Waals surface area contributed by atoms with E-state index in [-0.39, 0.29) is 12.1 Å². The summed E-state index contributed by atoms with van der Waals surface area (Å²) in [4.78, 5) is 15.3. The lowest BCUT2D eigenvalue weighted by atomic mass is 9.95. The first-order chi connectivity index (χ1) is 13.3. The highest BCUT2D eigenvalue weighted by Gasteiger charge is 2.34. The number of rotatable bonds is 5. The van der Waals surface area contributed by atoms with Gasteiger partial charge in [0.25, 0.3) is 0 Å². The number of ether oxygens (including phenoxy) is 1. The van der Waals surface area contributed by atoms with Crippen LogP contribution in [0.3, 0.4) is 0 Å². The van der Waals surface area contributed by atoms with E-state index in [2.05, 4.69) is 48.5 Å². The SMILES string of the molecule is CC(C)(C)OC(=O)N1CCC[C@H]1C(=S)Cc1ccccc1Cc1ccccc1. The molecule has 1 atom stereocenters. The van der Waals surface area contributed by atoms with Crippen LogP contribution in [0.4, 0.5) is 4.79 Å². The van der Waals surface area contributed by atoms with Crippen molar-refractivity contribution in [3.05, 3.63) is 71.3 Å². The molecule has 148 valence electrons. The molecule has 0 aromatic heterocycles. The van der Waals surface area contributed by atoms with Crippen molar-refractivity contribution in [3.63, 3.8) is 0 Å². The van der Waals surface area contributed by atoms with Crippen LogP contribution in [0.15, 0.2) is 54.6 Å². The number of thiocarbonyl (C=S) groups is 1. The Bertz CT molecular complexity index is 826. The fourth-order valence-corrected chi connectivity index (χ4v) is 4.06. The molecule has 0 saturated carbocycles. The van der Waals surface area contributed by atoms with Gasteiger partial charge in [-0.15, -0.1) is 0 Å². The zero-order chi connectivity index (χ0) is 20.1. The second-order valence-electron chi connectivity index (χ2n) is 8.41. The number of likely N-dealkylation sites (tertiary alicyclic amines) is 1. The molecule has 2 aromatic carbocycles. The second kappa shape index (κ2) is 8.87. The Morgan fingerprint density at radius 2 is 1.71 bits per heavy atom. The molecular formula is C24H29NO2S. The molecule has 0 N–H and O–H groups in total. The van der Waals surface area contributed by atoms with Crippen molar-refractivity contribution in [2.24, 2.45) is 0 Å². The van der Waals surface area contributed by atoms with E-state index >= 15 is 0 Å². The van der Waals surface area contributed by atoms with Gasteiger partial charge in [-0.05, 0) is 56.7 Å². The highest BCUT2D eigenvalue weighted by molar-refractivity contribution is 7.80. The summed E-state index contributed by atoms with van der Waals surface area (Å²) >= 11 is 5.81. The van der Waals surface area contributed by atoms with Gasteiger partial charge in [-0.25, -0.2) is 4.79 Å². The summed E-state index contributed by atoms with van der Waals surface area (Å²) in [5.74, 6) is 0. The molecule has 1 aliphatic rings. The number of carbonyl (C=O) groups excluding carboxylic acids is 1. The van der Waals surface area contributed by atoms with Gasteiger partial charge in [0, 0.05) is 17.8 Å². The third-order valence-corrected chi connectivity index (χ3v) is 5.39. The molecule has 0 unspecified atom stereocenters. The smallest absolute Gasteiger partial charge is 0.410 e. The fourth-order valence-electron chi connectivity index (χ4n) is 3.66. The third-order valence-electron chi connectivity index (χ3n) is 4.97. The fraction of sp³-hybridized carbons (Fsp3) is 0.417. The molecule has 1 amide bonds. The van der Waals surface area contributed by atoms with Gasteiger partial charge in [0.15, 0.2) is 0 Å². The van der Waals surface area contributed by atoms with E-state index < -0.39 is 5.60 Å². The standard InChI is InChI=1S/C24H29NO2S/c1-24(2,3)27-23(26)25-15-9-14-21(25)22(28)17-20-13-8-7-12-19(20)16-18-10-5-4-6-11-18/h4-8,10-13,21H,9,14-17H2,1-3H3/t21-/m0/s1. The van der Waals surface area contributed by atoms with Crippen LogP contribution >= 0.6 is 12.2 Å². The lowest BCUT2D eigenvalue weighted by Crippen LogP contribution is -2.43. The Kier molecular flexibility index (Phi) is 6.50. The molecule has 3 nitrogen and oxygen atoms in total. The van der Waals surface area contributed by atoms with Gasteiger partial charge in [0.2, 0.25) is 0 Å². The van der Waals surface area contributed by atoms with E-state index in [9.17, 15) is 4.79 Å². The number of hydrogen-bond acceptors (Lipinski definition) is 3. The van der Waals surface area contributed by atoms with E-state index in [1.807, 2.05) is 31.7 Å². The maximum atomic E-state index is 12.6. The highest BCUT2D eigenvalue weighted by atomic mass is 32.1. The lowest BCUT2D eigenvalue weighted by Gasteiger charge is -2.29. The van der Waals surface area contributed by atoms with Crippen molar-refractivity contribution in [1.82, 2.24) is 4.90 Å². The van der Waals surface area contributed by atoms with Gasteiger partial charge in [-0.2, -0.15) is 0 Å². The van der Waals surface area contributed by atoms with Crippen LogP contribution in [0.2, 0.25) is 0 Å². The first-order valence-electron chi connectivity index (χ1n) is 9.96. The van der Waals surface area contributed by atoms with E-state index in [0.29, 0.717) is 13.0 Å². The minimum Gasteiger partial charge on any atom is -0.444 e. The number of nitrogens with zero attached hydrogens (tertiary/aromatic N) is 1. The molecule has 0 bridgehead atoms. The summed E-state index contributed by atoms with van der Waals surface area (Å²) < 4.78 is 5.58. The zero-order valence-electron chi connectivity index (χ0n) is 17.0. The van der Waals surface area contributed by atoms with Crippen LogP contribution in [0.1, 0.15) is 50.3 Å². The van der Waals surface area contributed by atoms with Crippen molar-refractivity contribution in [1.29, 1.82) is 0 Å². The molecule has 0 aliphatic carbocycles. The van der Waals surface area contributed by atoms with E-state index in [0.717, 1.165) is 24.1 Å².